The van der Waals surface area contributed by atoms with Gasteiger partial charge < -0.3 is 4.43 Å². The molecule has 0 N–H and O–H groups in total. The van der Waals surface area contributed by atoms with Gasteiger partial charge in [-0.15, -0.1) is 0 Å². The van der Waals surface area contributed by atoms with Crippen LogP contribution in [0, 0.1) is 5.92 Å². The minimum atomic E-state index is -1.50. The molecule has 2 heteroatoms. The molecular weight excluding hydrogens is 212 g/mol. The van der Waals surface area contributed by atoms with Gasteiger partial charge in [0.1, 0.15) is 0 Å². The number of rotatable bonds is 3. The highest BCUT2D eigenvalue weighted by molar-refractivity contribution is 6.70. The minimum Gasteiger partial charge on any atom is -0.547 e. The molecule has 0 spiro atoms. The first-order valence-electron chi connectivity index (χ1n) is 6.41. The fourth-order valence-corrected chi connectivity index (χ4v) is 3.14. The quantitative estimate of drug-likeness (QED) is 0.503. The fourth-order valence-electron chi connectivity index (χ4n) is 2.12. The Kier molecular flexibility index (Phi) is 4.42. The molecule has 92 valence electrons. The van der Waals surface area contributed by atoms with Crippen molar-refractivity contribution in [3.8, 4) is 0 Å². The van der Waals surface area contributed by atoms with Crippen molar-refractivity contribution in [1.29, 1.82) is 0 Å². The van der Waals surface area contributed by atoms with Crippen LogP contribution in [0.1, 0.15) is 39.5 Å². The van der Waals surface area contributed by atoms with E-state index in [4.69, 9.17) is 4.43 Å². The van der Waals surface area contributed by atoms with Crippen LogP contribution in [0.15, 0.2) is 23.5 Å². The molecule has 1 nitrogen and oxygen atoms in total. The maximum absolute atomic E-state index is 6.27. The van der Waals surface area contributed by atoms with Crippen molar-refractivity contribution >= 4 is 8.32 Å². The maximum atomic E-state index is 6.27. The molecular formula is C14H26OSi. The normalized spacial score (nSPS) is 21.2. The Morgan fingerprint density at radius 2 is 1.75 bits per heavy atom. The lowest BCUT2D eigenvalue weighted by Crippen LogP contribution is -2.27. The molecule has 0 heterocycles. The molecule has 0 bridgehead atoms. The van der Waals surface area contributed by atoms with Gasteiger partial charge in [-0.25, -0.2) is 0 Å². The Morgan fingerprint density at radius 3 is 2.19 bits per heavy atom. The average Bonchev–Trinajstić information content (AvgIpc) is 2.13. The van der Waals surface area contributed by atoms with Gasteiger partial charge in [-0.05, 0) is 56.5 Å². The summed E-state index contributed by atoms with van der Waals surface area (Å²) in [4.78, 5) is 0. The van der Waals surface area contributed by atoms with Crippen LogP contribution in [-0.4, -0.2) is 8.32 Å². The number of hydrogen-bond acceptors (Lipinski definition) is 1. The summed E-state index contributed by atoms with van der Waals surface area (Å²) in [5.74, 6) is 1.71. The van der Waals surface area contributed by atoms with Gasteiger partial charge in [0.25, 0.3) is 0 Å². The van der Waals surface area contributed by atoms with Crippen molar-refractivity contribution in [1.82, 2.24) is 0 Å². The highest BCUT2D eigenvalue weighted by Crippen LogP contribution is 2.34. The summed E-state index contributed by atoms with van der Waals surface area (Å²) >= 11 is 0. The molecule has 0 aromatic rings. The second-order valence-electron chi connectivity index (χ2n) is 6.02. The van der Waals surface area contributed by atoms with E-state index in [2.05, 4.69) is 40.1 Å². The van der Waals surface area contributed by atoms with Gasteiger partial charge in [0, 0.05) is 5.92 Å². The summed E-state index contributed by atoms with van der Waals surface area (Å²) < 4.78 is 6.27. The Balaban J connectivity index is 2.98. The van der Waals surface area contributed by atoms with Gasteiger partial charge in [0.2, 0.25) is 8.32 Å². The van der Waals surface area contributed by atoms with Crippen LogP contribution in [0.3, 0.4) is 0 Å². The molecule has 16 heavy (non-hydrogen) atoms. The lowest BCUT2D eigenvalue weighted by Gasteiger charge is -2.29. The number of hydrogen-bond donors (Lipinski definition) is 0. The number of allylic oxidation sites excluding steroid dienone is 3. The Hall–Kier alpha value is -0.503. The molecule has 0 radical (unpaired) electrons. The van der Waals surface area contributed by atoms with E-state index >= 15 is 0 Å². The Morgan fingerprint density at radius 1 is 1.19 bits per heavy atom. The fraction of sp³-hybridized carbons (Fsp3) is 0.714. The van der Waals surface area contributed by atoms with E-state index in [1.54, 1.807) is 0 Å². The summed E-state index contributed by atoms with van der Waals surface area (Å²) in [6.07, 6.45) is 4.90. The predicted octanol–water partition coefficient (Wildman–Crippen LogP) is 4.88. The highest BCUT2D eigenvalue weighted by Gasteiger charge is 2.24. The molecule has 1 aliphatic carbocycles. The van der Waals surface area contributed by atoms with Gasteiger partial charge in [-0.2, -0.15) is 0 Å². The van der Waals surface area contributed by atoms with Crippen LogP contribution < -0.4 is 0 Å². The Bertz CT molecular complexity index is 294. The topological polar surface area (TPSA) is 9.23 Å². The van der Waals surface area contributed by atoms with E-state index in [9.17, 15) is 0 Å². The second kappa shape index (κ2) is 5.22. The van der Waals surface area contributed by atoms with Crippen molar-refractivity contribution in [3.05, 3.63) is 23.5 Å². The molecule has 0 aromatic heterocycles. The van der Waals surface area contributed by atoms with E-state index in [0.29, 0.717) is 5.92 Å². The zero-order chi connectivity index (χ0) is 12.3. The first kappa shape index (κ1) is 13.6. The molecule has 0 aliphatic heterocycles. The summed E-state index contributed by atoms with van der Waals surface area (Å²) in [5, 5.41) is 0. The highest BCUT2D eigenvalue weighted by atomic mass is 28.4. The van der Waals surface area contributed by atoms with Gasteiger partial charge >= 0.3 is 0 Å². The predicted molar refractivity (Wildman–Crippen MR) is 73.9 cm³/mol. The zero-order valence-corrected chi connectivity index (χ0v) is 12.5. The molecule has 0 aromatic carbocycles. The van der Waals surface area contributed by atoms with Crippen molar-refractivity contribution < 1.29 is 4.43 Å². The Labute approximate surface area is 102 Å². The minimum absolute atomic E-state index is 0.483. The molecule has 1 saturated carbocycles. The molecule has 1 fully saturated rings. The lowest BCUT2D eigenvalue weighted by molar-refractivity contribution is 0.353. The van der Waals surface area contributed by atoms with Gasteiger partial charge in [0.15, 0.2) is 0 Å². The van der Waals surface area contributed by atoms with Crippen molar-refractivity contribution in [2.45, 2.75) is 59.2 Å². The van der Waals surface area contributed by atoms with E-state index in [0.717, 1.165) is 12.8 Å². The van der Waals surface area contributed by atoms with Crippen LogP contribution in [0.2, 0.25) is 19.6 Å². The van der Waals surface area contributed by atoms with Gasteiger partial charge in [0.05, 0.1) is 5.76 Å². The van der Waals surface area contributed by atoms with Crippen molar-refractivity contribution in [2.24, 2.45) is 5.92 Å². The summed E-state index contributed by atoms with van der Waals surface area (Å²) in [7, 11) is -1.50. The zero-order valence-electron chi connectivity index (χ0n) is 11.5. The molecule has 0 atom stereocenters. The van der Waals surface area contributed by atoms with Crippen LogP contribution >= 0.6 is 0 Å². The first-order chi connectivity index (χ1) is 7.31. The third kappa shape index (κ3) is 3.82. The molecule has 1 rings (SSSR count). The smallest absolute Gasteiger partial charge is 0.241 e. The second-order valence-corrected chi connectivity index (χ2v) is 10.5. The van der Waals surface area contributed by atoms with Crippen LogP contribution in [-0.2, 0) is 4.43 Å². The standard InChI is InChI=1S/C14H26OSi/c1-11(2)14(15-16(4,5)6)13-10-8-7-9-12(13)3/h11H,3,7-10H2,1-2,4-6H3/b14-13-. The van der Waals surface area contributed by atoms with E-state index < -0.39 is 8.32 Å². The third-order valence-corrected chi connectivity index (χ3v) is 3.65. The SMILES string of the molecule is C=C1CCCC/C1=C(/O[Si](C)(C)C)C(C)C. The monoisotopic (exact) mass is 238 g/mol. The van der Waals surface area contributed by atoms with E-state index in [1.807, 2.05) is 0 Å². The molecule has 0 amide bonds. The average molecular weight is 238 g/mol. The van der Waals surface area contributed by atoms with Crippen LogP contribution in [0.5, 0.6) is 0 Å². The summed E-state index contributed by atoms with van der Waals surface area (Å²) in [6, 6.07) is 0. The third-order valence-electron chi connectivity index (χ3n) is 2.82. The first-order valence-corrected chi connectivity index (χ1v) is 9.82. The van der Waals surface area contributed by atoms with Crippen molar-refractivity contribution in [2.75, 3.05) is 0 Å². The van der Waals surface area contributed by atoms with E-state index in [-0.39, 0.29) is 0 Å². The molecule has 1 aliphatic rings. The van der Waals surface area contributed by atoms with E-state index in [1.165, 1.54) is 29.7 Å². The van der Waals surface area contributed by atoms with Crippen LogP contribution in [0.4, 0.5) is 0 Å². The van der Waals surface area contributed by atoms with Crippen molar-refractivity contribution in [3.63, 3.8) is 0 Å². The van der Waals surface area contributed by atoms with Gasteiger partial charge in [-0.3, -0.25) is 0 Å². The molecule has 0 unspecified atom stereocenters. The molecule has 0 saturated heterocycles. The lowest BCUT2D eigenvalue weighted by atomic mass is 9.88. The summed E-state index contributed by atoms with van der Waals surface area (Å²) in [6.45, 7) is 15.4. The maximum Gasteiger partial charge on any atom is 0.241 e. The van der Waals surface area contributed by atoms with Gasteiger partial charge in [-0.1, -0.05) is 20.4 Å². The summed E-state index contributed by atoms with van der Waals surface area (Å²) in [5.41, 5.74) is 2.73. The van der Waals surface area contributed by atoms with Crippen LogP contribution in [0.25, 0.3) is 0 Å². The largest absolute Gasteiger partial charge is 0.547 e.